The molecule has 1 fully saturated rings. The molecule has 1 N–H and O–H groups in total. The van der Waals surface area contributed by atoms with Gasteiger partial charge in [0.2, 0.25) is 0 Å². The summed E-state index contributed by atoms with van der Waals surface area (Å²) < 4.78 is 13.9. The summed E-state index contributed by atoms with van der Waals surface area (Å²) in [6.07, 6.45) is 2.45. The number of halogens is 1. The van der Waals surface area contributed by atoms with Crippen molar-refractivity contribution in [2.24, 2.45) is 5.92 Å². The zero-order valence-electron chi connectivity index (χ0n) is 12.2. The zero-order valence-corrected chi connectivity index (χ0v) is 12.2. The van der Waals surface area contributed by atoms with Crippen LogP contribution in [-0.4, -0.2) is 35.6 Å². The lowest BCUT2D eigenvalue weighted by Crippen LogP contribution is -2.39. The standard InChI is InChI=1S/C17H20FNO2/c1-13-5-4-9-19(12-13)17(21)15-8-7-14(16(18)11-15)6-2-3-10-20/h7-8,11,13,20H,3-5,9-10,12H2,1H3. The van der Waals surface area contributed by atoms with Crippen LogP contribution in [0.15, 0.2) is 18.2 Å². The minimum Gasteiger partial charge on any atom is -0.395 e. The average Bonchev–Trinajstić information content (AvgIpc) is 2.48. The largest absolute Gasteiger partial charge is 0.395 e. The van der Waals surface area contributed by atoms with Crippen molar-refractivity contribution in [3.8, 4) is 11.8 Å². The van der Waals surface area contributed by atoms with E-state index in [0.717, 1.165) is 25.9 Å². The van der Waals surface area contributed by atoms with Crippen LogP contribution in [0, 0.1) is 23.6 Å². The molecule has 1 aliphatic rings. The van der Waals surface area contributed by atoms with Crippen LogP contribution >= 0.6 is 0 Å². The molecular formula is C17H20FNO2. The normalized spacial score (nSPS) is 18.0. The number of carbonyl (C=O) groups is 1. The maximum atomic E-state index is 13.9. The molecule has 2 rings (SSSR count). The topological polar surface area (TPSA) is 40.5 Å². The SMILES string of the molecule is CC1CCCN(C(=O)c2ccc(C#CCCO)c(F)c2)C1. The predicted molar refractivity (Wildman–Crippen MR) is 79.3 cm³/mol. The number of carbonyl (C=O) groups excluding carboxylic acids is 1. The lowest BCUT2D eigenvalue weighted by Gasteiger charge is -2.31. The number of aliphatic hydroxyl groups is 1. The highest BCUT2D eigenvalue weighted by atomic mass is 19.1. The summed E-state index contributed by atoms with van der Waals surface area (Å²) in [5, 5.41) is 8.65. The van der Waals surface area contributed by atoms with Crippen LogP contribution in [0.25, 0.3) is 0 Å². The van der Waals surface area contributed by atoms with Crippen molar-refractivity contribution < 1.29 is 14.3 Å². The van der Waals surface area contributed by atoms with Gasteiger partial charge in [-0.1, -0.05) is 18.8 Å². The second-order valence-corrected chi connectivity index (χ2v) is 5.47. The molecule has 1 saturated heterocycles. The Morgan fingerprint density at radius 3 is 3.00 bits per heavy atom. The van der Waals surface area contributed by atoms with E-state index in [1.54, 1.807) is 11.0 Å². The summed E-state index contributed by atoms with van der Waals surface area (Å²) in [5.74, 6) is 5.22. The number of amides is 1. The first-order valence-electron chi connectivity index (χ1n) is 7.30. The van der Waals surface area contributed by atoms with E-state index in [4.69, 9.17) is 5.11 Å². The van der Waals surface area contributed by atoms with E-state index in [1.807, 2.05) is 0 Å². The van der Waals surface area contributed by atoms with Gasteiger partial charge in [0.1, 0.15) is 5.82 Å². The van der Waals surface area contributed by atoms with Gasteiger partial charge in [-0.05, 0) is 37.0 Å². The molecule has 1 amide bonds. The first-order valence-corrected chi connectivity index (χ1v) is 7.30. The monoisotopic (exact) mass is 289 g/mol. The second-order valence-electron chi connectivity index (χ2n) is 5.47. The minimum absolute atomic E-state index is 0.0433. The highest BCUT2D eigenvalue weighted by molar-refractivity contribution is 5.94. The van der Waals surface area contributed by atoms with Crippen LogP contribution in [0.4, 0.5) is 4.39 Å². The molecular weight excluding hydrogens is 269 g/mol. The lowest BCUT2D eigenvalue weighted by molar-refractivity contribution is 0.0682. The Morgan fingerprint density at radius 2 is 2.33 bits per heavy atom. The summed E-state index contributed by atoms with van der Waals surface area (Å²) in [6, 6.07) is 4.40. The van der Waals surface area contributed by atoms with Crippen LogP contribution in [0.2, 0.25) is 0 Å². The molecule has 1 unspecified atom stereocenters. The number of rotatable bonds is 2. The maximum Gasteiger partial charge on any atom is 0.253 e. The third-order valence-electron chi connectivity index (χ3n) is 3.62. The zero-order chi connectivity index (χ0) is 15.2. The Bertz CT molecular complexity index is 574. The van der Waals surface area contributed by atoms with Gasteiger partial charge >= 0.3 is 0 Å². The fraction of sp³-hybridized carbons (Fsp3) is 0.471. The molecule has 0 aliphatic carbocycles. The summed E-state index contributed by atoms with van der Waals surface area (Å²) in [5.41, 5.74) is 0.626. The van der Waals surface area contributed by atoms with Crippen LogP contribution in [0.5, 0.6) is 0 Å². The Labute approximate surface area is 124 Å². The Kier molecular flexibility index (Phi) is 5.35. The van der Waals surface area contributed by atoms with Gasteiger partial charge in [0.05, 0.1) is 12.2 Å². The quantitative estimate of drug-likeness (QED) is 0.850. The number of nitrogens with zero attached hydrogens (tertiary/aromatic N) is 1. The molecule has 1 aromatic rings. The number of likely N-dealkylation sites (tertiary alicyclic amines) is 1. The molecule has 0 bridgehead atoms. The van der Waals surface area contributed by atoms with E-state index in [2.05, 4.69) is 18.8 Å². The fourth-order valence-corrected chi connectivity index (χ4v) is 2.52. The first-order chi connectivity index (χ1) is 10.1. The predicted octanol–water partition coefficient (Wildman–Crippen LogP) is 2.43. The van der Waals surface area contributed by atoms with Crippen molar-refractivity contribution in [2.75, 3.05) is 19.7 Å². The fourth-order valence-electron chi connectivity index (χ4n) is 2.52. The van der Waals surface area contributed by atoms with Crippen LogP contribution in [-0.2, 0) is 0 Å². The summed E-state index contributed by atoms with van der Waals surface area (Å²) in [7, 11) is 0. The lowest BCUT2D eigenvalue weighted by atomic mass is 9.99. The van der Waals surface area contributed by atoms with Gasteiger partial charge in [-0.25, -0.2) is 4.39 Å². The summed E-state index contributed by atoms with van der Waals surface area (Å²) >= 11 is 0. The van der Waals surface area contributed by atoms with Gasteiger partial charge in [0.15, 0.2) is 0 Å². The van der Waals surface area contributed by atoms with Crippen molar-refractivity contribution in [3.63, 3.8) is 0 Å². The van der Waals surface area contributed by atoms with E-state index in [-0.39, 0.29) is 18.1 Å². The van der Waals surface area contributed by atoms with Crippen LogP contribution in [0.3, 0.4) is 0 Å². The molecule has 0 aromatic heterocycles. The summed E-state index contributed by atoms with van der Waals surface area (Å²) in [4.78, 5) is 14.2. The molecule has 3 nitrogen and oxygen atoms in total. The third kappa shape index (κ3) is 4.05. The smallest absolute Gasteiger partial charge is 0.253 e. The van der Waals surface area contributed by atoms with E-state index in [0.29, 0.717) is 17.9 Å². The molecule has 0 spiro atoms. The molecule has 1 atom stereocenters. The number of aliphatic hydroxyl groups excluding tert-OH is 1. The molecule has 0 radical (unpaired) electrons. The van der Waals surface area contributed by atoms with Crippen LogP contribution < -0.4 is 0 Å². The highest BCUT2D eigenvalue weighted by Gasteiger charge is 2.22. The van der Waals surface area contributed by atoms with Crippen molar-refractivity contribution in [1.29, 1.82) is 0 Å². The Morgan fingerprint density at radius 1 is 1.52 bits per heavy atom. The minimum atomic E-state index is -0.489. The van der Waals surface area contributed by atoms with Gasteiger partial charge in [-0.15, -0.1) is 0 Å². The van der Waals surface area contributed by atoms with Crippen molar-refractivity contribution in [1.82, 2.24) is 4.90 Å². The van der Waals surface area contributed by atoms with Gasteiger partial charge in [0, 0.05) is 25.1 Å². The number of benzene rings is 1. The molecule has 0 saturated carbocycles. The van der Waals surface area contributed by atoms with Crippen LogP contribution in [0.1, 0.15) is 42.1 Å². The van der Waals surface area contributed by atoms with Crippen molar-refractivity contribution in [2.45, 2.75) is 26.2 Å². The van der Waals surface area contributed by atoms with Gasteiger partial charge in [0.25, 0.3) is 5.91 Å². The van der Waals surface area contributed by atoms with Crippen molar-refractivity contribution >= 4 is 5.91 Å². The highest BCUT2D eigenvalue weighted by Crippen LogP contribution is 2.19. The molecule has 21 heavy (non-hydrogen) atoms. The van der Waals surface area contributed by atoms with Gasteiger partial charge in [-0.3, -0.25) is 4.79 Å². The number of hydrogen-bond donors (Lipinski definition) is 1. The molecule has 1 aromatic carbocycles. The van der Waals surface area contributed by atoms with E-state index < -0.39 is 5.82 Å². The van der Waals surface area contributed by atoms with Gasteiger partial charge < -0.3 is 10.0 Å². The number of piperidine rings is 1. The average molecular weight is 289 g/mol. The Hall–Kier alpha value is -1.86. The molecule has 1 heterocycles. The number of hydrogen-bond acceptors (Lipinski definition) is 2. The molecule has 4 heteroatoms. The second kappa shape index (κ2) is 7.24. The molecule has 112 valence electrons. The first kappa shape index (κ1) is 15.5. The van der Waals surface area contributed by atoms with E-state index >= 15 is 0 Å². The van der Waals surface area contributed by atoms with E-state index in [9.17, 15) is 9.18 Å². The third-order valence-corrected chi connectivity index (χ3v) is 3.62. The van der Waals surface area contributed by atoms with E-state index in [1.165, 1.54) is 12.1 Å². The van der Waals surface area contributed by atoms with Gasteiger partial charge in [-0.2, -0.15) is 0 Å². The maximum absolute atomic E-state index is 13.9. The Balaban J connectivity index is 2.12. The molecule has 1 aliphatic heterocycles. The van der Waals surface area contributed by atoms with Crippen molar-refractivity contribution in [3.05, 3.63) is 35.1 Å². The summed E-state index contributed by atoms with van der Waals surface area (Å²) in [6.45, 7) is 3.56.